The van der Waals surface area contributed by atoms with Crippen LogP contribution in [0.25, 0.3) is 0 Å². The average molecular weight is 438 g/mol. The van der Waals surface area contributed by atoms with Crippen LogP contribution in [0.2, 0.25) is 0 Å². The molecule has 2 aromatic rings. The molecule has 29 heavy (non-hydrogen) atoms. The van der Waals surface area contributed by atoms with Crippen LogP contribution < -0.4 is 11.1 Å². The zero-order valence-electron chi connectivity index (χ0n) is 17.0. The van der Waals surface area contributed by atoms with E-state index in [2.05, 4.69) is 41.4 Å². The van der Waals surface area contributed by atoms with Gasteiger partial charge >= 0.3 is 0 Å². The SMILES string of the molecule is CC1CCN(C(CNC(=O)C(N)Cc2ccccc2)c2ccccc2)CC1.Cl.Cl. The summed E-state index contributed by atoms with van der Waals surface area (Å²) < 4.78 is 0. The number of nitrogens with one attached hydrogen (secondary N) is 1. The first-order valence-corrected chi connectivity index (χ1v) is 9.99. The number of piperidine rings is 1. The first-order chi connectivity index (χ1) is 13.1. The fourth-order valence-corrected chi connectivity index (χ4v) is 3.76. The monoisotopic (exact) mass is 437 g/mol. The molecule has 0 aromatic heterocycles. The van der Waals surface area contributed by atoms with Crippen LogP contribution in [0.3, 0.4) is 0 Å². The molecule has 1 amide bonds. The highest BCUT2D eigenvalue weighted by Crippen LogP contribution is 2.26. The number of carbonyl (C=O) groups is 1. The Bertz CT molecular complexity index is 707. The van der Waals surface area contributed by atoms with Gasteiger partial charge in [-0.2, -0.15) is 0 Å². The standard InChI is InChI=1S/C23H31N3O.2ClH/c1-18-12-14-26(15-13-18)22(20-10-6-3-7-11-20)17-25-23(27)21(24)16-19-8-4-2-5-9-19;;/h2-11,18,21-22H,12-17,24H2,1H3,(H,25,27);2*1H. The Labute approximate surface area is 187 Å². The van der Waals surface area contributed by atoms with E-state index in [0.29, 0.717) is 13.0 Å². The molecule has 2 atom stereocenters. The number of hydrogen-bond donors (Lipinski definition) is 2. The van der Waals surface area contributed by atoms with Crippen molar-refractivity contribution in [2.24, 2.45) is 11.7 Å². The molecule has 1 saturated heterocycles. The Balaban J connectivity index is 0.00000210. The van der Waals surface area contributed by atoms with Crippen molar-refractivity contribution in [2.75, 3.05) is 19.6 Å². The van der Waals surface area contributed by atoms with E-state index < -0.39 is 6.04 Å². The predicted octanol–water partition coefficient (Wildman–Crippen LogP) is 3.99. The molecule has 6 heteroatoms. The van der Waals surface area contributed by atoms with E-state index >= 15 is 0 Å². The highest BCUT2D eigenvalue weighted by Gasteiger charge is 2.25. The van der Waals surface area contributed by atoms with Crippen molar-refractivity contribution < 1.29 is 4.79 Å². The van der Waals surface area contributed by atoms with E-state index in [0.717, 1.165) is 24.6 Å². The van der Waals surface area contributed by atoms with Gasteiger partial charge in [-0.05, 0) is 49.4 Å². The number of hydrogen-bond acceptors (Lipinski definition) is 3. The van der Waals surface area contributed by atoms with Crippen LogP contribution in [0.1, 0.15) is 36.9 Å². The Morgan fingerprint density at radius 3 is 2.17 bits per heavy atom. The number of nitrogens with zero attached hydrogens (tertiary/aromatic N) is 1. The minimum Gasteiger partial charge on any atom is -0.353 e. The second-order valence-corrected chi connectivity index (χ2v) is 7.69. The topological polar surface area (TPSA) is 58.4 Å². The summed E-state index contributed by atoms with van der Waals surface area (Å²) >= 11 is 0. The zero-order valence-corrected chi connectivity index (χ0v) is 18.6. The fourth-order valence-electron chi connectivity index (χ4n) is 3.76. The molecule has 3 rings (SSSR count). The van der Waals surface area contributed by atoms with Crippen LogP contribution in [-0.4, -0.2) is 36.5 Å². The molecule has 0 bridgehead atoms. The van der Waals surface area contributed by atoms with E-state index in [1.54, 1.807) is 0 Å². The molecule has 0 radical (unpaired) electrons. The van der Waals surface area contributed by atoms with Crippen LogP contribution in [0.4, 0.5) is 0 Å². The van der Waals surface area contributed by atoms with Crippen molar-refractivity contribution in [3.63, 3.8) is 0 Å². The molecule has 1 heterocycles. The molecule has 1 aliphatic heterocycles. The number of carbonyl (C=O) groups excluding carboxylic acids is 1. The minimum atomic E-state index is -0.523. The molecular formula is C23H33Cl2N3O. The molecule has 0 spiro atoms. The third-order valence-corrected chi connectivity index (χ3v) is 5.55. The zero-order chi connectivity index (χ0) is 19.1. The maximum Gasteiger partial charge on any atom is 0.237 e. The first kappa shape index (κ1) is 25.4. The number of likely N-dealkylation sites (tertiary alicyclic amines) is 1. The van der Waals surface area contributed by atoms with Crippen molar-refractivity contribution in [1.82, 2.24) is 10.2 Å². The van der Waals surface area contributed by atoms with E-state index in [4.69, 9.17) is 5.73 Å². The third kappa shape index (κ3) is 7.63. The summed E-state index contributed by atoms with van der Waals surface area (Å²) in [6.07, 6.45) is 2.99. The lowest BCUT2D eigenvalue weighted by Gasteiger charge is -2.37. The molecule has 0 aliphatic carbocycles. The van der Waals surface area contributed by atoms with Gasteiger partial charge < -0.3 is 11.1 Å². The summed E-state index contributed by atoms with van der Waals surface area (Å²) in [4.78, 5) is 15.1. The summed E-state index contributed by atoms with van der Waals surface area (Å²) in [5.74, 6) is 0.705. The lowest BCUT2D eigenvalue weighted by Crippen LogP contribution is -2.46. The number of amides is 1. The number of benzene rings is 2. The predicted molar refractivity (Wildman–Crippen MR) is 125 cm³/mol. The van der Waals surface area contributed by atoms with Crippen LogP contribution in [0, 0.1) is 5.92 Å². The first-order valence-electron chi connectivity index (χ1n) is 9.99. The summed E-state index contributed by atoms with van der Waals surface area (Å²) in [7, 11) is 0. The van der Waals surface area contributed by atoms with E-state index in [-0.39, 0.29) is 36.8 Å². The van der Waals surface area contributed by atoms with Gasteiger partial charge in [-0.25, -0.2) is 0 Å². The maximum atomic E-state index is 12.6. The van der Waals surface area contributed by atoms with Crippen molar-refractivity contribution in [3.8, 4) is 0 Å². The van der Waals surface area contributed by atoms with Gasteiger partial charge in [-0.15, -0.1) is 24.8 Å². The lowest BCUT2D eigenvalue weighted by molar-refractivity contribution is -0.122. The molecule has 1 fully saturated rings. The maximum absolute atomic E-state index is 12.6. The minimum absolute atomic E-state index is 0. The van der Waals surface area contributed by atoms with Crippen LogP contribution in [0.5, 0.6) is 0 Å². The summed E-state index contributed by atoms with van der Waals surface area (Å²) in [5.41, 5.74) is 8.49. The average Bonchev–Trinajstić information content (AvgIpc) is 2.71. The molecule has 160 valence electrons. The second-order valence-electron chi connectivity index (χ2n) is 7.69. The Kier molecular flexibility index (Phi) is 11.3. The lowest BCUT2D eigenvalue weighted by atomic mass is 9.95. The van der Waals surface area contributed by atoms with Gasteiger partial charge in [0.1, 0.15) is 0 Å². The smallest absolute Gasteiger partial charge is 0.237 e. The van der Waals surface area contributed by atoms with E-state index in [9.17, 15) is 4.79 Å². The summed E-state index contributed by atoms with van der Waals surface area (Å²) in [6, 6.07) is 20.1. The van der Waals surface area contributed by atoms with Crippen molar-refractivity contribution >= 4 is 30.7 Å². The fraction of sp³-hybridized carbons (Fsp3) is 0.435. The van der Waals surface area contributed by atoms with Gasteiger partial charge in [0.15, 0.2) is 0 Å². The second kappa shape index (κ2) is 12.9. The molecule has 1 aliphatic rings. The number of rotatable bonds is 7. The normalized spacial score (nSPS) is 16.8. The van der Waals surface area contributed by atoms with Gasteiger partial charge in [0, 0.05) is 6.54 Å². The van der Waals surface area contributed by atoms with Crippen LogP contribution in [0.15, 0.2) is 60.7 Å². The van der Waals surface area contributed by atoms with Crippen LogP contribution in [-0.2, 0) is 11.2 Å². The molecular weight excluding hydrogens is 405 g/mol. The third-order valence-electron chi connectivity index (χ3n) is 5.55. The summed E-state index contributed by atoms with van der Waals surface area (Å²) in [5, 5.41) is 3.10. The Morgan fingerprint density at radius 1 is 1.03 bits per heavy atom. The van der Waals surface area contributed by atoms with Gasteiger partial charge in [-0.3, -0.25) is 9.69 Å². The van der Waals surface area contributed by atoms with E-state index in [1.165, 1.54) is 18.4 Å². The molecule has 4 nitrogen and oxygen atoms in total. The molecule has 2 aromatic carbocycles. The molecule has 0 saturated carbocycles. The molecule has 2 unspecified atom stereocenters. The van der Waals surface area contributed by atoms with Gasteiger partial charge in [-0.1, -0.05) is 67.6 Å². The van der Waals surface area contributed by atoms with Gasteiger partial charge in [0.05, 0.1) is 12.1 Å². The summed E-state index contributed by atoms with van der Waals surface area (Å²) in [6.45, 7) is 5.07. The Morgan fingerprint density at radius 2 is 1.59 bits per heavy atom. The highest BCUT2D eigenvalue weighted by molar-refractivity contribution is 5.85. The van der Waals surface area contributed by atoms with Crippen molar-refractivity contribution in [2.45, 2.75) is 38.3 Å². The van der Waals surface area contributed by atoms with E-state index in [1.807, 2.05) is 36.4 Å². The van der Waals surface area contributed by atoms with Crippen molar-refractivity contribution in [1.29, 1.82) is 0 Å². The van der Waals surface area contributed by atoms with Gasteiger partial charge in [0.2, 0.25) is 5.91 Å². The Hall–Kier alpha value is -1.59. The van der Waals surface area contributed by atoms with Gasteiger partial charge in [0.25, 0.3) is 0 Å². The largest absolute Gasteiger partial charge is 0.353 e. The van der Waals surface area contributed by atoms with Crippen LogP contribution >= 0.6 is 24.8 Å². The quantitative estimate of drug-likeness (QED) is 0.688. The number of nitrogens with two attached hydrogens (primary N) is 1. The number of halogens is 2. The molecule has 3 N–H and O–H groups in total. The van der Waals surface area contributed by atoms with Crippen molar-refractivity contribution in [3.05, 3.63) is 71.8 Å². The highest BCUT2D eigenvalue weighted by atomic mass is 35.5.